The zero-order valence-corrected chi connectivity index (χ0v) is 10.5. The van der Waals surface area contributed by atoms with Crippen molar-refractivity contribution in [2.24, 2.45) is 0 Å². The minimum atomic E-state index is -3.14. The Balaban J connectivity index is 2.77. The quantitative estimate of drug-likeness (QED) is 0.796. The molecule has 0 unspecified atom stereocenters. The molecule has 0 aliphatic heterocycles. The summed E-state index contributed by atoms with van der Waals surface area (Å²) in [4.78, 5) is 14.4. The minimum Gasteiger partial charge on any atom is -0.478 e. The third-order valence-corrected chi connectivity index (χ3v) is 3.94. The molecular weight excluding hydrogens is 263 g/mol. The van der Waals surface area contributed by atoms with Crippen molar-refractivity contribution in [1.29, 1.82) is 0 Å². The monoisotopic (exact) mass is 276 g/mol. The molecule has 0 radical (unpaired) electrons. The Bertz CT molecular complexity index is 545. The average Bonchev–Trinajstić information content (AvgIpc) is 2.30. The van der Waals surface area contributed by atoms with Crippen LogP contribution in [0.15, 0.2) is 12.3 Å². The summed E-state index contributed by atoms with van der Waals surface area (Å²) >= 11 is 0. The molecule has 0 saturated carbocycles. The first-order chi connectivity index (χ1) is 8.35. The smallest absolute Gasteiger partial charge is 0.339 e. The molecule has 1 rings (SSSR count). The van der Waals surface area contributed by atoms with E-state index >= 15 is 0 Å². The van der Waals surface area contributed by atoms with Crippen molar-refractivity contribution >= 4 is 21.6 Å². The fraction of sp³-hybridized carbons (Fsp3) is 0.400. The molecule has 0 aliphatic rings. The van der Waals surface area contributed by atoms with Crippen molar-refractivity contribution < 1.29 is 22.7 Å². The fourth-order valence-corrected chi connectivity index (χ4v) is 1.91. The van der Waals surface area contributed by atoms with Gasteiger partial charge in [0.25, 0.3) is 0 Å². The SMILES string of the molecule is CCS(=O)(=O)CCNc1ncc(F)cc1C(=O)O. The van der Waals surface area contributed by atoms with E-state index in [4.69, 9.17) is 5.11 Å². The number of hydrogen-bond donors (Lipinski definition) is 2. The summed E-state index contributed by atoms with van der Waals surface area (Å²) in [5.41, 5.74) is -0.330. The lowest BCUT2D eigenvalue weighted by molar-refractivity contribution is 0.0697. The Morgan fingerprint density at radius 2 is 2.22 bits per heavy atom. The highest BCUT2D eigenvalue weighted by atomic mass is 32.2. The summed E-state index contributed by atoms with van der Waals surface area (Å²) in [6, 6.07) is 0.825. The van der Waals surface area contributed by atoms with Crippen LogP contribution in [0.1, 0.15) is 17.3 Å². The predicted octanol–water partition coefficient (Wildman–Crippen LogP) is 0.766. The van der Waals surface area contributed by atoms with E-state index in [-0.39, 0.29) is 29.4 Å². The van der Waals surface area contributed by atoms with Crippen LogP contribution >= 0.6 is 0 Å². The molecule has 0 saturated heterocycles. The highest BCUT2D eigenvalue weighted by Gasteiger charge is 2.13. The second kappa shape index (κ2) is 5.76. The number of nitrogens with one attached hydrogen (secondary N) is 1. The van der Waals surface area contributed by atoms with Gasteiger partial charge in [0, 0.05) is 12.3 Å². The molecule has 0 aliphatic carbocycles. The Labute approximate surface area is 104 Å². The molecule has 8 heteroatoms. The lowest BCUT2D eigenvalue weighted by Crippen LogP contribution is -2.19. The third kappa shape index (κ3) is 3.95. The molecule has 1 heterocycles. The molecule has 2 N–H and O–H groups in total. The van der Waals surface area contributed by atoms with Crippen LogP contribution in [0.25, 0.3) is 0 Å². The molecule has 0 spiro atoms. The van der Waals surface area contributed by atoms with Gasteiger partial charge in [0.15, 0.2) is 9.84 Å². The number of carbonyl (C=O) groups is 1. The number of anilines is 1. The normalized spacial score (nSPS) is 11.2. The number of aromatic nitrogens is 1. The first kappa shape index (κ1) is 14.4. The topological polar surface area (TPSA) is 96.4 Å². The predicted molar refractivity (Wildman–Crippen MR) is 64.0 cm³/mol. The zero-order valence-electron chi connectivity index (χ0n) is 9.68. The van der Waals surface area contributed by atoms with E-state index in [9.17, 15) is 17.6 Å². The number of pyridine rings is 1. The highest BCUT2D eigenvalue weighted by Crippen LogP contribution is 2.13. The summed E-state index contributed by atoms with van der Waals surface area (Å²) in [7, 11) is -3.14. The maximum Gasteiger partial charge on any atom is 0.339 e. The highest BCUT2D eigenvalue weighted by molar-refractivity contribution is 7.91. The van der Waals surface area contributed by atoms with Crippen LogP contribution in [0.4, 0.5) is 10.2 Å². The van der Waals surface area contributed by atoms with Crippen LogP contribution in [0.5, 0.6) is 0 Å². The van der Waals surface area contributed by atoms with E-state index in [1.54, 1.807) is 0 Å². The van der Waals surface area contributed by atoms with Gasteiger partial charge in [-0.2, -0.15) is 0 Å². The van der Waals surface area contributed by atoms with E-state index in [2.05, 4.69) is 10.3 Å². The maximum atomic E-state index is 12.8. The van der Waals surface area contributed by atoms with E-state index in [0.717, 1.165) is 12.3 Å². The molecule has 0 fully saturated rings. The van der Waals surface area contributed by atoms with Crippen LogP contribution in [0.3, 0.4) is 0 Å². The van der Waals surface area contributed by atoms with Gasteiger partial charge in [-0.15, -0.1) is 0 Å². The van der Waals surface area contributed by atoms with E-state index in [1.807, 2.05) is 0 Å². The van der Waals surface area contributed by atoms with Gasteiger partial charge in [-0.1, -0.05) is 6.92 Å². The molecule has 0 bridgehead atoms. The molecule has 100 valence electrons. The van der Waals surface area contributed by atoms with Crippen LogP contribution in [-0.2, 0) is 9.84 Å². The number of aromatic carboxylic acids is 1. The standard InChI is InChI=1S/C10H13FN2O4S/c1-2-18(16,17)4-3-12-9-8(10(14)15)5-7(11)6-13-9/h5-6H,2-4H2,1H3,(H,12,13)(H,14,15). The Hall–Kier alpha value is -1.70. The Morgan fingerprint density at radius 3 is 2.78 bits per heavy atom. The van der Waals surface area contributed by atoms with E-state index in [0.29, 0.717) is 0 Å². The summed E-state index contributed by atoms with van der Waals surface area (Å²) in [6.07, 6.45) is 0.864. The molecule has 0 amide bonds. The van der Waals surface area contributed by atoms with Gasteiger partial charge < -0.3 is 10.4 Å². The lowest BCUT2D eigenvalue weighted by Gasteiger charge is -2.08. The largest absolute Gasteiger partial charge is 0.478 e. The van der Waals surface area contributed by atoms with E-state index in [1.165, 1.54) is 6.92 Å². The third-order valence-electron chi connectivity index (χ3n) is 2.23. The number of carboxylic acids is 1. The fourth-order valence-electron chi connectivity index (χ4n) is 1.21. The van der Waals surface area contributed by atoms with Gasteiger partial charge in [0.05, 0.1) is 11.9 Å². The number of sulfone groups is 1. The first-order valence-electron chi connectivity index (χ1n) is 5.19. The summed E-state index contributed by atoms with van der Waals surface area (Å²) in [5.74, 6) is -2.27. The summed E-state index contributed by atoms with van der Waals surface area (Å²) < 4.78 is 35.3. The van der Waals surface area contributed by atoms with Gasteiger partial charge in [-0.25, -0.2) is 22.6 Å². The van der Waals surface area contributed by atoms with Crippen molar-refractivity contribution in [3.63, 3.8) is 0 Å². The van der Waals surface area contributed by atoms with Crippen molar-refractivity contribution in [2.75, 3.05) is 23.4 Å². The van der Waals surface area contributed by atoms with Gasteiger partial charge >= 0.3 is 5.97 Å². The van der Waals surface area contributed by atoms with Gasteiger partial charge in [-0.05, 0) is 6.07 Å². The number of rotatable bonds is 6. The summed E-state index contributed by atoms with van der Waals surface area (Å²) in [6.45, 7) is 1.54. The number of nitrogens with zero attached hydrogens (tertiary/aromatic N) is 1. The number of hydrogen-bond acceptors (Lipinski definition) is 5. The van der Waals surface area contributed by atoms with Crippen molar-refractivity contribution in [3.8, 4) is 0 Å². The van der Waals surface area contributed by atoms with Crippen molar-refractivity contribution in [2.45, 2.75) is 6.92 Å². The van der Waals surface area contributed by atoms with Crippen LogP contribution in [0.2, 0.25) is 0 Å². The van der Waals surface area contributed by atoms with Gasteiger partial charge in [-0.3, -0.25) is 0 Å². The molecule has 6 nitrogen and oxygen atoms in total. The molecule has 18 heavy (non-hydrogen) atoms. The second-order valence-corrected chi connectivity index (χ2v) is 5.99. The van der Waals surface area contributed by atoms with E-state index < -0.39 is 21.6 Å². The van der Waals surface area contributed by atoms with Crippen LogP contribution in [-0.4, -0.2) is 42.5 Å². The molecular formula is C10H13FN2O4S. The van der Waals surface area contributed by atoms with Crippen molar-refractivity contribution in [1.82, 2.24) is 4.98 Å². The van der Waals surface area contributed by atoms with Crippen LogP contribution < -0.4 is 5.32 Å². The summed E-state index contributed by atoms with van der Waals surface area (Å²) in [5, 5.41) is 11.4. The molecule has 1 aromatic rings. The Kier molecular flexibility index (Phi) is 4.60. The number of carboxylic acid groups (broad SMARTS) is 1. The molecule has 1 aromatic heterocycles. The molecule has 0 aromatic carbocycles. The maximum absolute atomic E-state index is 12.8. The zero-order chi connectivity index (χ0) is 13.8. The second-order valence-electron chi connectivity index (χ2n) is 3.52. The first-order valence-corrected chi connectivity index (χ1v) is 7.01. The lowest BCUT2D eigenvalue weighted by atomic mass is 10.2. The van der Waals surface area contributed by atoms with Crippen LogP contribution in [0, 0.1) is 5.82 Å². The molecule has 0 atom stereocenters. The van der Waals surface area contributed by atoms with Gasteiger partial charge in [0.2, 0.25) is 0 Å². The Morgan fingerprint density at radius 1 is 1.56 bits per heavy atom. The minimum absolute atomic E-state index is 0.0112. The number of halogens is 1. The van der Waals surface area contributed by atoms with Crippen molar-refractivity contribution in [3.05, 3.63) is 23.6 Å². The average molecular weight is 276 g/mol. The van der Waals surface area contributed by atoms with Gasteiger partial charge in [0.1, 0.15) is 17.2 Å².